The zero-order valence-electron chi connectivity index (χ0n) is 21.7. The third-order valence-electron chi connectivity index (χ3n) is 5.49. The minimum Gasteiger partial charge on any atom is -0.429 e. The van der Waals surface area contributed by atoms with Gasteiger partial charge in [0.2, 0.25) is 0 Å². The molecule has 3 rings (SSSR count). The Balaban J connectivity index is 1.71. The van der Waals surface area contributed by atoms with Gasteiger partial charge in [0, 0.05) is 22.5 Å². The van der Waals surface area contributed by atoms with Crippen LogP contribution in [0.1, 0.15) is 55.5 Å². The number of hydrogen-bond donors (Lipinski definition) is 3. The number of ether oxygens (including phenoxy) is 1. The average molecular weight is 511 g/mol. The number of benzene rings is 2. The second-order valence-electron chi connectivity index (χ2n) is 9.23. The van der Waals surface area contributed by atoms with Crippen LogP contribution in [0.25, 0.3) is 11.3 Å². The molecule has 0 fully saturated rings. The lowest BCUT2D eigenvalue weighted by molar-refractivity contribution is -0.324. The molecule has 1 atom stereocenters. The highest BCUT2D eigenvalue weighted by Crippen LogP contribution is 2.31. The second kappa shape index (κ2) is 13.4. The maximum atomic E-state index is 11.1. The summed E-state index contributed by atoms with van der Waals surface area (Å²) >= 11 is 1.73. The minimum absolute atomic E-state index is 0.166. The largest absolute Gasteiger partial charge is 0.429 e. The van der Waals surface area contributed by atoms with Crippen molar-refractivity contribution in [3.8, 4) is 17.0 Å². The number of nitrogens with one attached hydrogen (secondary N) is 1. The normalized spacial score (nSPS) is 13.6. The van der Waals surface area contributed by atoms with Crippen LogP contribution in [0, 0.1) is 12.8 Å². The number of aliphatic hydroxyl groups is 1. The van der Waals surface area contributed by atoms with Gasteiger partial charge in [-0.1, -0.05) is 62.7 Å². The molecule has 4 N–H and O–H groups in total. The van der Waals surface area contributed by atoms with Crippen molar-refractivity contribution >= 4 is 17.2 Å². The first-order chi connectivity index (χ1) is 17.3. The van der Waals surface area contributed by atoms with Gasteiger partial charge in [-0.3, -0.25) is 0 Å². The van der Waals surface area contributed by atoms with Crippen LogP contribution in [0.4, 0.5) is 0 Å². The lowest BCUT2D eigenvalue weighted by atomic mass is 10.1. The molecule has 0 radical (unpaired) electrons. The summed E-state index contributed by atoms with van der Waals surface area (Å²) in [5, 5.41) is 19.5. The van der Waals surface area contributed by atoms with Gasteiger partial charge in [0.05, 0.1) is 17.1 Å². The van der Waals surface area contributed by atoms with Crippen LogP contribution in [-0.2, 0) is 11.3 Å². The van der Waals surface area contributed by atoms with E-state index in [4.69, 9.17) is 20.3 Å². The van der Waals surface area contributed by atoms with E-state index >= 15 is 0 Å². The van der Waals surface area contributed by atoms with Gasteiger partial charge < -0.3 is 25.7 Å². The van der Waals surface area contributed by atoms with Gasteiger partial charge in [0.25, 0.3) is 0 Å². The van der Waals surface area contributed by atoms with Crippen LogP contribution < -0.4 is 15.8 Å². The van der Waals surface area contributed by atoms with Crippen LogP contribution in [0.3, 0.4) is 0 Å². The number of thiazole rings is 1. The number of aromatic nitrogens is 1. The number of nitrogens with zero attached hydrogens (tertiary/aromatic N) is 2. The molecule has 7 nitrogen and oxygen atoms in total. The zero-order chi connectivity index (χ0) is 26.0. The number of unbranched alkanes of at least 4 members (excludes halogenated alkanes) is 1. The van der Waals surface area contributed by atoms with Crippen LogP contribution in [-0.4, -0.2) is 35.0 Å². The second-order valence-corrected chi connectivity index (χ2v) is 10.5. The number of rotatable bonds is 14. The van der Waals surface area contributed by atoms with Gasteiger partial charge in [0.1, 0.15) is 5.75 Å². The van der Waals surface area contributed by atoms with Gasteiger partial charge in [-0.15, -0.1) is 11.3 Å². The third kappa shape index (κ3) is 8.33. The Labute approximate surface area is 218 Å². The number of aryl methyl sites for hydroxylation is 1. The molecule has 1 unspecified atom stereocenters. The Hall–Kier alpha value is -2.94. The van der Waals surface area contributed by atoms with Crippen LogP contribution >= 0.6 is 11.3 Å². The molecule has 0 amide bonds. The number of oxime groups is 1. The van der Waals surface area contributed by atoms with E-state index in [-0.39, 0.29) is 12.3 Å². The quantitative estimate of drug-likeness (QED) is 0.0875. The monoisotopic (exact) mass is 510 g/mol. The van der Waals surface area contributed by atoms with E-state index in [1.165, 1.54) is 4.88 Å². The van der Waals surface area contributed by atoms with E-state index in [1.54, 1.807) is 11.3 Å². The maximum absolute atomic E-state index is 11.1. The Kier molecular flexibility index (Phi) is 10.3. The van der Waals surface area contributed by atoms with Crippen molar-refractivity contribution in [2.75, 3.05) is 13.1 Å². The first-order valence-corrected chi connectivity index (χ1v) is 13.4. The van der Waals surface area contributed by atoms with Crippen molar-refractivity contribution in [2.24, 2.45) is 16.8 Å². The topological polar surface area (TPSA) is 102 Å². The first kappa shape index (κ1) is 27.6. The fourth-order valence-corrected chi connectivity index (χ4v) is 4.58. The van der Waals surface area contributed by atoms with Crippen molar-refractivity contribution < 1.29 is 14.7 Å². The van der Waals surface area contributed by atoms with Crippen molar-refractivity contribution in [3.05, 3.63) is 70.0 Å². The molecule has 0 bridgehead atoms. The predicted molar refractivity (Wildman–Crippen MR) is 147 cm³/mol. The molecule has 0 aliphatic heterocycles. The van der Waals surface area contributed by atoms with Crippen molar-refractivity contribution in [1.29, 1.82) is 0 Å². The fraction of sp³-hybridized carbons (Fsp3) is 0.429. The highest BCUT2D eigenvalue weighted by Gasteiger charge is 2.32. The molecule has 36 heavy (non-hydrogen) atoms. The summed E-state index contributed by atoms with van der Waals surface area (Å²) in [6, 6.07) is 16.8. The maximum Gasteiger partial charge on any atom is 0.390 e. The highest BCUT2D eigenvalue weighted by atomic mass is 32.1. The van der Waals surface area contributed by atoms with E-state index < -0.39 is 5.97 Å². The van der Waals surface area contributed by atoms with Crippen LogP contribution in [0.15, 0.2) is 59.8 Å². The van der Waals surface area contributed by atoms with Gasteiger partial charge in [0.15, 0.2) is 5.84 Å². The van der Waals surface area contributed by atoms with E-state index in [0.717, 1.165) is 42.2 Å². The fourth-order valence-electron chi connectivity index (χ4n) is 3.62. The van der Waals surface area contributed by atoms with E-state index in [1.807, 2.05) is 68.4 Å². The van der Waals surface area contributed by atoms with Gasteiger partial charge in [-0.2, -0.15) is 0 Å². The molecule has 0 saturated heterocycles. The molecule has 2 aromatic carbocycles. The minimum atomic E-state index is -1.93. The summed E-state index contributed by atoms with van der Waals surface area (Å²) in [5.74, 6) is -0.668. The van der Waals surface area contributed by atoms with Crippen LogP contribution in [0.2, 0.25) is 0 Å². The molecule has 0 saturated carbocycles. The van der Waals surface area contributed by atoms with Crippen molar-refractivity contribution in [3.63, 3.8) is 0 Å². The summed E-state index contributed by atoms with van der Waals surface area (Å²) < 4.78 is 5.86. The standard InChI is InChI=1S/C28H38N4O3S/c1-5-6-17-28(33,35-32-27(29)23-10-8-7-9-11-23)34-24-14-12-22(13-15-24)26-25(36-21(4)31-26)16-18-30-19-20(2)3/h7-15,20,30,33H,5-6,16-19H2,1-4H3,(H2,29,32). The lowest BCUT2D eigenvalue weighted by Crippen LogP contribution is -2.38. The summed E-state index contributed by atoms with van der Waals surface area (Å²) in [6.07, 6.45) is 2.73. The summed E-state index contributed by atoms with van der Waals surface area (Å²) in [6.45, 7) is 10.4. The molecule has 0 aliphatic carbocycles. The zero-order valence-corrected chi connectivity index (χ0v) is 22.5. The predicted octanol–water partition coefficient (Wildman–Crippen LogP) is 5.46. The van der Waals surface area contributed by atoms with E-state index in [2.05, 4.69) is 24.3 Å². The summed E-state index contributed by atoms with van der Waals surface area (Å²) in [5.41, 5.74) is 8.74. The van der Waals surface area contributed by atoms with Gasteiger partial charge in [-0.25, -0.2) is 4.98 Å². The Morgan fingerprint density at radius 2 is 1.89 bits per heavy atom. The molecule has 3 aromatic rings. The van der Waals surface area contributed by atoms with Crippen LogP contribution in [0.5, 0.6) is 5.75 Å². The molecular weight excluding hydrogens is 472 g/mol. The Bertz CT molecular complexity index is 1100. The molecule has 0 aliphatic rings. The molecule has 1 heterocycles. The SMILES string of the molecule is CCCCC(O)(ON=C(N)c1ccccc1)Oc1ccc(-c2nc(C)sc2CCNCC(C)C)cc1. The smallest absolute Gasteiger partial charge is 0.390 e. The highest BCUT2D eigenvalue weighted by molar-refractivity contribution is 7.12. The molecule has 8 heteroatoms. The Morgan fingerprint density at radius 3 is 2.56 bits per heavy atom. The Morgan fingerprint density at radius 1 is 1.17 bits per heavy atom. The molecule has 1 aromatic heterocycles. The number of hydrogen-bond acceptors (Lipinski definition) is 7. The van der Waals surface area contributed by atoms with E-state index in [9.17, 15) is 5.11 Å². The van der Waals surface area contributed by atoms with Crippen molar-refractivity contribution in [1.82, 2.24) is 10.3 Å². The summed E-state index contributed by atoms with van der Waals surface area (Å²) in [4.78, 5) is 11.5. The third-order valence-corrected chi connectivity index (χ3v) is 6.52. The van der Waals surface area contributed by atoms with Crippen molar-refractivity contribution in [2.45, 2.75) is 59.4 Å². The van der Waals surface area contributed by atoms with E-state index in [0.29, 0.717) is 23.7 Å². The average Bonchev–Trinajstić information content (AvgIpc) is 3.25. The summed E-state index contributed by atoms with van der Waals surface area (Å²) in [7, 11) is 0. The number of amidine groups is 1. The number of nitrogens with two attached hydrogens (primary N) is 1. The molecule has 194 valence electrons. The lowest BCUT2D eigenvalue weighted by Gasteiger charge is -2.26. The molecular formula is C28H38N4O3S. The van der Waals surface area contributed by atoms with Gasteiger partial charge >= 0.3 is 5.97 Å². The van der Waals surface area contributed by atoms with Gasteiger partial charge in [-0.05, 0) is 56.5 Å². The molecule has 0 spiro atoms. The first-order valence-electron chi connectivity index (χ1n) is 12.6.